The number of H-pyrrole nitrogens is 1. The molecule has 1 heterocycles. The van der Waals surface area contributed by atoms with Gasteiger partial charge in [0.2, 0.25) is 0 Å². The molecule has 0 bridgehead atoms. The average molecular weight is 234 g/mol. The van der Waals surface area contributed by atoms with Gasteiger partial charge in [-0.3, -0.25) is 9.89 Å². The molecular formula is C6H8BrN3O2. The molecule has 0 fully saturated rings. The predicted molar refractivity (Wildman–Crippen MR) is 45.7 cm³/mol. The van der Waals surface area contributed by atoms with Crippen LogP contribution in [0, 0.1) is 0 Å². The first-order valence-electron chi connectivity index (χ1n) is 3.34. The number of carbonyl (C=O) groups is 1. The molecule has 0 aromatic carbocycles. The first kappa shape index (κ1) is 9.21. The molecule has 12 heavy (non-hydrogen) atoms. The van der Waals surface area contributed by atoms with Gasteiger partial charge in [0.05, 0.1) is 6.61 Å². The van der Waals surface area contributed by atoms with Crippen LogP contribution in [-0.2, 0) is 0 Å². The lowest BCUT2D eigenvalue weighted by Gasteiger charge is -1.97. The molecule has 5 nitrogen and oxygen atoms in total. The second-order valence-electron chi connectivity index (χ2n) is 2.08. The van der Waals surface area contributed by atoms with E-state index in [0.717, 1.165) is 0 Å². The molecule has 0 aliphatic carbocycles. The Morgan fingerprint density at radius 3 is 3.08 bits per heavy atom. The van der Waals surface area contributed by atoms with Crippen LogP contribution < -0.4 is 5.32 Å². The smallest absolute Gasteiger partial charge is 0.271 e. The number of aliphatic hydroxyl groups excluding tert-OH is 1. The maximum atomic E-state index is 11.1. The number of hydrogen-bond donors (Lipinski definition) is 3. The molecule has 0 saturated carbocycles. The molecule has 6 heteroatoms. The Morgan fingerprint density at radius 2 is 2.58 bits per heavy atom. The van der Waals surface area contributed by atoms with Gasteiger partial charge in [0.15, 0.2) is 5.69 Å². The van der Waals surface area contributed by atoms with Crippen molar-refractivity contribution in [3.63, 3.8) is 0 Å². The van der Waals surface area contributed by atoms with E-state index >= 15 is 0 Å². The largest absolute Gasteiger partial charge is 0.395 e. The molecule has 1 amide bonds. The number of aromatic amines is 1. The summed E-state index contributed by atoms with van der Waals surface area (Å²) in [5.41, 5.74) is 0.301. The van der Waals surface area contributed by atoms with Crippen LogP contribution in [0.25, 0.3) is 0 Å². The molecule has 1 rings (SSSR count). The lowest BCUT2D eigenvalue weighted by molar-refractivity contribution is 0.0940. The van der Waals surface area contributed by atoms with Gasteiger partial charge in [-0.2, -0.15) is 5.10 Å². The van der Waals surface area contributed by atoms with E-state index in [0.29, 0.717) is 10.3 Å². The highest BCUT2D eigenvalue weighted by atomic mass is 79.9. The van der Waals surface area contributed by atoms with E-state index in [1.165, 1.54) is 0 Å². The topological polar surface area (TPSA) is 78.0 Å². The SMILES string of the molecule is O=C(NCCO)c1cc(Br)[nH]n1. The Bertz CT molecular complexity index is 274. The van der Waals surface area contributed by atoms with Gasteiger partial charge < -0.3 is 10.4 Å². The van der Waals surface area contributed by atoms with Crippen LogP contribution in [0.5, 0.6) is 0 Å². The average Bonchev–Trinajstić information content (AvgIpc) is 2.47. The van der Waals surface area contributed by atoms with Crippen LogP contribution in [0.15, 0.2) is 10.7 Å². The highest BCUT2D eigenvalue weighted by molar-refractivity contribution is 9.10. The van der Waals surface area contributed by atoms with Gasteiger partial charge in [0, 0.05) is 12.6 Å². The molecule has 0 saturated heterocycles. The summed E-state index contributed by atoms with van der Waals surface area (Å²) in [5.74, 6) is -0.300. The summed E-state index contributed by atoms with van der Waals surface area (Å²) < 4.78 is 0.650. The van der Waals surface area contributed by atoms with Crippen LogP contribution in [-0.4, -0.2) is 34.4 Å². The summed E-state index contributed by atoms with van der Waals surface area (Å²) >= 11 is 3.12. The summed E-state index contributed by atoms with van der Waals surface area (Å²) in [4.78, 5) is 11.1. The molecule has 0 aliphatic rings. The van der Waals surface area contributed by atoms with Gasteiger partial charge in [-0.1, -0.05) is 0 Å². The quantitative estimate of drug-likeness (QED) is 0.683. The van der Waals surface area contributed by atoms with Gasteiger partial charge in [-0.25, -0.2) is 0 Å². The van der Waals surface area contributed by atoms with Gasteiger partial charge in [0.25, 0.3) is 5.91 Å². The lowest BCUT2D eigenvalue weighted by atomic mass is 10.4. The summed E-state index contributed by atoms with van der Waals surface area (Å²) in [5, 5.41) is 17.2. The van der Waals surface area contributed by atoms with Crippen molar-refractivity contribution in [3.8, 4) is 0 Å². The normalized spacial score (nSPS) is 9.83. The van der Waals surface area contributed by atoms with Crippen molar-refractivity contribution in [2.24, 2.45) is 0 Å². The van der Waals surface area contributed by atoms with Crippen molar-refractivity contribution in [2.45, 2.75) is 0 Å². The minimum Gasteiger partial charge on any atom is -0.395 e. The highest BCUT2D eigenvalue weighted by Crippen LogP contribution is 2.05. The standard InChI is InChI=1S/C6H8BrN3O2/c7-5-3-4(9-10-5)6(12)8-1-2-11/h3,11H,1-2H2,(H,8,12)(H,9,10). The maximum Gasteiger partial charge on any atom is 0.271 e. The number of hydrogen-bond acceptors (Lipinski definition) is 3. The predicted octanol–water partition coefficient (Wildman–Crippen LogP) is -0.106. The third-order valence-electron chi connectivity index (χ3n) is 1.18. The minimum atomic E-state index is -0.300. The van der Waals surface area contributed by atoms with Gasteiger partial charge in [0.1, 0.15) is 4.60 Å². The number of nitrogens with one attached hydrogen (secondary N) is 2. The Morgan fingerprint density at radius 1 is 1.83 bits per heavy atom. The first-order valence-corrected chi connectivity index (χ1v) is 4.13. The van der Waals surface area contributed by atoms with E-state index in [4.69, 9.17) is 5.11 Å². The van der Waals surface area contributed by atoms with Crippen molar-refractivity contribution in [3.05, 3.63) is 16.4 Å². The minimum absolute atomic E-state index is 0.0721. The van der Waals surface area contributed by atoms with Crippen LogP contribution in [0.1, 0.15) is 10.5 Å². The summed E-state index contributed by atoms with van der Waals surface area (Å²) in [6.07, 6.45) is 0. The third kappa shape index (κ3) is 2.31. The summed E-state index contributed by atoms with van der Waals surface area (Å²) in [7, 11) is 0. The van der Waals surface area contributed by atoms with Gasteiger partial charge in [-0.15, -0.1) is 0 Å². The van der Waals surface area contributed by atoms with E-state index in [2.05, 4.69) is 31.4 Å². The number of aliphatic hydroxyl groups is 1. The summed E-state index contributed by atoms with van der Waals surface area (Å²) in [6, 6.07) is 1.56. The Kier molecular flexibility index (Phi) is 3.24. The zero-order valence-electron chi connectivity index (χ0n) is 6.17. The van der Waals surface area contributed by atoms with E-state index in [9.17, 15) is 4.79 Å². The second kappa shape index (κ2) is 4.22. The maximum absolute atomic E-state index is 11.1. The molecule has 3 N–H and O–H groups in total. The van der Waals surface area contributed by atoms with Crippen molar-refractivity contribution >= 4 is 21.8 Å². The molecule has 1 aromatic heterocycles. The number of nitrogens with zero attached hydrogens (tertiary/aromatic N) is 1. The van der Waals surface area contributed by atoms with Crippen LogP contribution in [0.3, 0.4) is 0 Å². The Labute approximate surface area is 77.3 Å². The number of halogens is 1. The number of amides is 1. The second-order valence-corrected chi connectivity index (χ2v) is 2.93. The fraction of sp³-hybridized carbons (Fsp3) is 0.333. The Balaban J connectivity index is 2.53. The fourth-order valence-electron chi connectivity index (χ4n) is 0.675. The van der Waals surface area contributed by atoms with Gasteiger partial charge in [-0.05, 0) is 15.9 Å². The van der Waals surface area contributed by atoms with Crippen LogP contribution in [0.4, 0.5) is 0 Å². The first-order chi connectivity index (χ1) is 5.74. The monoisotopic (exact) mass is 233 g/mol. The molecule has 1 aromatic rings. The van der Waals surface area contributed by atoms with E-state index in [-0.39, 0.29) is 19.1 Å². The van der Waals surface area contributed by atoms with Crippen molar-refractivity contribution in [1.29, 1.82) is 0 Å². The van der Waals surface area contributed by atoms with Crippen molar-refractivity contribution in [1.82, 2.24) is 15.5 Å². The molecule has 0 atom stereocenters. The zero-order chi connectivity index (χ0) is 8.97. The van der Waals surface area contributed by atoms with Gasteiger partial charge >= 0.3 is 0 Å². The highest BCUT2D eigenvalue weighted by Gasteiger charge is 2.07. The third-order valence-corrected chi connectivity index (χ3v) is 1.58. The fourth-order valence-corrected chi connectivity index (χ4v) is 0.980. The number of rotatable bonds is 3. The van der Waals surface area contributed by atoms with E-state index in [1.807, 2.05) is 0 Å². The van der Waals surface area contributed by atoms with Crippen molar-refractivity contribution < 1.29 is 9.90 Å². The molecule has 66 valence electrons. The summed E-state index contributed by atoms with van der Waals surface area (Å²) in [6.45, 7) is 0.167. The van der Waals surface area contributed by atoms with Crippen LogP contribution >= 0.6 is 15.9 Å². The molecule has 0 aliphatic heterocycles. The lowest BCUT2D eigenvalue weighted by Crippen LogP contribution is -2.26. The Hall–Kier alpha value is -0.880. The van der Waals surface area contributed by atoms with Crippen molar-refractivity contribution in [2.75, 3.05) is 13.2 Å². The number of aromatic nitrogens is 2. The molecule has 0 radical (unpaired) electrons. The van der Waals surface area contributed by atoms with E-state index < -0.39 is 0 Å². The molecule has 0 spiro atoms. The molecular weight excluding hydrogens is 226 g/mol. The van der Waals surface area contributed by atoms with Crippen LogP contribution in [0.2, 0.25) is 0 Å². The molecule has 0 unspecified atom stereocenters. The number of carbonyl (C=O) groups excluding carboxylic acids is 1. The van der Waals surface area contributed by atoms with E-state index in [1.54, 1.807) is 6.07 Å². The zero-order valence-corrected chi connectivity index (χ0v) is 7.76.